The SMILES string of the molecule is CC1(C)c2ccccc2-c2ccc3ccc4ccc5cc(-c6cc7ccccc7cc6-c6nc(-c7ccccc7)nc(-c7ccccc7)n6)ccc5c4c3c21. The normalized spacial score (nSPS) is 13.1. The van der Waals surface area contributed by atoms with Crippen molar-refractivity contribution in [3.8, 4) is 56.4 Å². The van der Waals surface area contributed by atoms with Crippen molar-refractivity contribution >= 4 is 43.1 Å². The van der Waals surface area contributed by atoms with Gasteiger partial charge >= 0.3 is 0 Å². The van der Waals surface area contributed by atoms with Crippen molar-refractivity contribution in [1.29, 1.82) is 0 Å². The Balaban J connectivity index is 1.16. The molecule has 11 rings (SSSR count). The summed E-state index contributed by atoms with van der Waals surface area (Å²) in [5, 5.41) is 9.97. The standard InChI is InChI=1S/C52H35N3/c1-52(2)45-20-12-11-19-41(45)42-28-25-33-22-21-32-23-24-38-29-39(26-27-40(38)46(32)47(33)48(42)52)43-30-36-17-9-10-18-37(36)31-44(43)51-54-49(34-13-5-3-6-14-34)53-50(55-51)35-15-7-4-8-16-35/h3-31H,1-2H3. The topological polar surface area (TPSA) is 38.7 Å². The number of nitrogens with zero attached hydrogens (tertiary/aromatic N) is 3. The summed E-state index contributed by atoms with van der Waals surface area (Å²) in [6.45, 7) is 4.77. The van der Waals surface area contributed by atoms with E-state index in [-0.39, 0.29) is 5.41 Å². The molecule has 0 radical (unpaired) electrons. The van der Waals surface area contributed by atoms with Crippen molar-refractivity contribution in [2.45, 2.75) is 19.3 Å². The van der Waals surface area contributed by atoms with Crippen LogP contribution in [-0.4, -0.2) is 15.0 Å². The van der Waals surface area contributed by atoms with Crippen LogP contribution in [0.15, 0.2) is 176 Å². The molecule has 10 aromatic rings. The van der Waals surface area contributed by atoms with Gasteiger partial charge in [0.2, 0.25) is 0 Å². The molecule has 55 heavy (non-hydrogen) atoms. The van der Waals surface area contributed by atoms with Gasteiger partial charge in [0.1, 0.15) is 0 Å². The first kappa shape index (κ1) is 31.5. The number of hydrogen-bond acceptors (Lipinski definition) is 3. The van der Waals surface area contributed by atoms with Crippen molar-refractivity contribution in [3.63, 3.8) is 0 Å². The quantitative estimate of drug-likeness (QED) is 0.171. The Hall–Kier alpha value is -6.97. The Morgan fingerprint density at radius 2 is 0.891 bits per heavy atom. The van der Waals surface area contributed by atoms with Crippen molar-refractivity contribution in [3.05, 3.63) is 187 Å². The molecule has 0 atom stereocenters. The molecule has 0 saturated heterocycles. The maximum absolute atomic E-state index is 5.17. The summed E-state index contributed by atoms with van der Waals surface area (Å²) in [6, 6.07) is 63.1. The van der Waals surface area contributed by atoms with Gasteiger partial charge in [-0.05, 0) is 94.7 Å². The van der Waals surface area contributed by atoms with Gasteiger partial charge in [-0.1, -0.05) is 172 Å². The number of hydrogen-bond donors (Lipinski definition) is 0. The molecular weight excluding hydrogens is 667 g/mol. The molecule has 0 aliphatic heterocycles. The van der Waals surface area contributed by atoms with Gasteiger partial charge in [0.25, 0.3) is 0 Å². The van der Waals surface area contributed by atoms with Crippen molar-refractivity contribution in [2.75, 3.05) is 0 Å². The predicted molar refractivity (Wildman–Crippen MR) is 229 cm³/mol. The van der Waals surface area contributed by atoms with Gasteiger partial charge in [-0.2, -0.15) is 0 Å². The molecule has 0 fully saturated rings. The lowest BCUT2D eigenvalue weighted by atomic mass is 9.79. The fraction of sp³-hybridized carbons (Fsp3) is 0.0577. The largest absolute Gasteiger partial charge is 0.208 e. The van der Waals surface area contributed by atoms with Gasteiger partial charge in [-0.25, -0.2) is 15.0 Å². The van der Waals surface area contributed by atoms with Gasteiger partial charge in [0, 0.05) is 22.1 Å². The highest BCUT2D eigenvalue weighted by Gasteiger charge is 2.37. The van der Waals surface area contributed by atoms with E-state index in [9.17, 15) is 0 Å². The molecule has 9 aromatic carbocycles. The smallest absolute Gasteiger partial charge is 0.164 e. The maximum Gasteiger partial charge on any atom is 0.164 e. The molecule has 0 saturated carbocycles. The van der Waals surface area contributed by atoms with E-state index in [0.717, 1.165) is 33.2 Å². The second kappa shape index (κ2) is 12.0. The zero-order chi connectivity index (χ0) is 36.7. The summed E-state index contributed by atoms with van der Waals surface area (Å²) in [7, 11) is 0. The molecule has 0 spiro atoms. The monoisotopic (exact) mass is 701 g/mol. The van der Waals surface area contributed by atoms with Crippen LogP contribution in [0.4, 0.5) is 0 Å². The lowest BCUT2D eigenvalue weighted by Crippen LogP contribution is -2.15. The predicted octanol–water partition coefficient (Wildman–Crippen LogP) is 13.5. The molecule has 1 aliphatic carbocycles. The minimum atomic E-state index is -0.121. The Kier molecular flexibility index (Phi) is 6.90. The summed E-state index contributed by atoms with van der Waals surface area (Å²) in [4.78, 5) is 15.3. The van der Waals surface area contributed by atoms with Gasteiger partial charge in [-0.15, -0.1) is 0 Å². The van der Waals surface area contributed by atoms with Gasteiger partial charge < -0.3 is 0 Å². The van der Waals surface area contributed by atoms with Crippen LogP contribution < -0.4 is 0 Å². The lowest BCUT2D eigenvalue weighted by molar-refractivity contribution is 0.666. The zero-order valence-corrected chi connectivity index (χ0v) is 30.6. The highest BCUT2D eigenvalue weighted by Crippen LogP contribution is 2.53. The minimum Gasteiger partial charge on any atom is -0.208 e. The molecule has 3 heteroatoms. The van der Waals surface area contributed by atoms with Crippen LogP contribution in [0.2, 0.25) is 0 Å². The Bertz CT molecular complexity index is 3110. The Morgan fingerprint density at radius 1 is 0.345 bits per heavy atom. The van der Waals surface area contributed by atoms with E-state index in [4.69, 9.17) is 15.0 Å². The van der Waals surface area contributed by atoms with E-state index in [0.29, 0.717) is 17.5 Å². The summed E-state index contributed by atoms with van der Waals surface area (Å²) >= 11 is 0. The maximum atomic E-state index is 5.17. The minimum absolute atomic E-state index is 0.121. The van der Waals surface area contributed by atoms with E-state index in [1.165, 1.54) is 60.0 Å². The van der Waals surface area contributed by atoms with Crippen LogP contribution >= 0.6 is 0 Å². The first-order chi connectivity index (χ1) is 27.0. The van der Waals surface area contributed by atoms with Crippen LogP contribution in [0, 0.1) is 0 Å². The third-order valence-corrected chi connectivity index (χ3v) is 11.6. The van der Waals surface area contributed by atoms with E-state index < -0.39 is 0 Å². The van der Waals surface area contributed by atoms with E-state index in [1.807, 2.05) is 36.4 Å². The molecule has 1 heterocycles. The molecule has 0 unspecified atom stereocenters. The van der Waals surface area contributed by atoms with Gasteiger partial charge in [-0.3, -0.25) is 0 Å². The average molecular weight is 702 g/mol. The highest BCUT2D eigenvalue weighted by molar-refractivity contribution is 6.23. The van der Waals surface area contributed by atoms with Crippen molar-refractivity contribution in [1.82, 2.24) is 15.0 Å². The molecular formula is C52H35N3. The average Bonchev–Trinajstić information content (AvgIpc) is 3.49. The zero-order valence-electron chi connectivity index (χ0n) is 30.6. The van der Waals surface area contributed by atoms with Crippen LogP contribution in [0.5, 0.6) is 0 Å². The second-order valence-electron chi connectivity index (χ2n) is 15.2. The van der Waals surface area contributed by atoms with Crippen LogP contribution in [-0.2, 0) is 5.41 Å². The summed E-state index contributed by atoms with van der Waals surface area (Å²) in [5.74, 6) is 1.95. The number of rotatable bonds is 4. The fourth-order valence-electron chi connectivity index (χ4n) is 9.00. The first-order valence-corrected chi connectivity index (χ1v) is 18.9. The molecule has 1 aromatic heterocycles. The molecule has 0 N–H and O–H groups in total. The summed E-state index contributed by atoms with van der Waals surface area (Å²) in [5.41, 5.74) is 10.5. The molecule has 258 valence electrons. The van der Waals surface area contributed by atoms with Crippen LogP contribution in [0.25, 0.3) is 99.5 Å². The van der Waals surface area contributed by atoms with E-state index >= 15 is 0 Å². The number of aromatic nitrogens is 3. The van der Waals surface area contributed by atoms with E-state index in [1.54, 1.807) is 0 Å². The van der Waals surface area contributed by atoms with Crippen molar-refractivity contribution in [2.24, 2.45) is 0 Å². The van der Waals surface area contributed by atoms with Gasteiger partial charge in [0.15, 0.2) is 17.5 Å². The third kappa shape index (κ3) is 4.93. The second-order valence-corrected chi connectivity index (χ2v) is 15.2. The lowest BCUT2D eigenvalue weighted by Gasteiger charge is -2.24. The van der Waals surface area contributed by atoms with E-state index in [2.05, 4.69) is 153 Å². The third-order valence-electron chi connectivity index (χ3n) is 11.6. The fourth-order valence-corrected chi connectivity index (χ4v) is 9.00. The Morgan fingerprint density at radius 3 is 1.58 bits per heavy atom. The first-order valence-electron chi connectivity index (χ1n) is 18.9. The molecule has 1 aliphatic rings. The number of fused-ring (bicyclic) bond motifs is 10. The van der Waals surface area contributed by atoms with Crippen LogP contribution in [0.3, 0.4) is 0 Å². The van der Waals surface area contributed by atoms with Crippen molar-refractivity contribution < 1.29 is 0 Å². The molecule has 0 amide bonds. The molecule has 0 bridgehead atoms. The molecule has 3 nitrogen and oxygen atoms in total. The van der Waals surface area contributed by atoms with Crippen LogP contribution in [0.1, 0.15) is 25.0 Å². The van der Waals surface area contributed by atoms with Gasteiger partial charge in [0.05, 0.1) is 0 Å². The number of benzene rings is 9. The summed E-state index contributed by atoms with van der Waals surface area (Å²) in [6.07, 6.45) is 0. The highest BCUT2D eigenvalue weighted by atomic mass is 15.0. The Labute approximate surface area is 319 Å². The summed E-state index contributed by atoms with van der Waals surface area (Å²) < 4.78 is 0.